The zero-order chi connectivity index (χ0) is 18.9. The number of anilines is 1. The number of hydrogen-bond donors (Lipinski definition) is 2. The van der Waals surface area contributed by atoms with Crippen LogP contribution in [0.25, 0.3) is 0 Å². The first-order chi connectivity index (χ1) is 12.2. The predicted octanol–water partition coefficient (Wildman–Crippen LogP) is 2.93. The number of rotatable bonds is 5. The van der Waals surface area contributed by atoms with Crippen LogP contribution in [0, 0.1) is 0 Å². The summed E-state index contributed by atoms with van der Waals surface area (Å²) in [6.45, 7) is 1.98. The smallest absolute Gasteiger partial charge is 0.253 e. The first-order valence-electron chi connectivity index (χ1n) is 7.71. The first-order valence-corrected chi connectivity index (χ1v) is 9.97. The molecule has 2 aromatic rings. The van der Waals surface area contributed by atoms with Gasteiger partial charge < -0.3 is 14.8 Å². The zero-order valence-electron chi connectivity index (χ0n) is 14.1. The summed E-state index contributed by atoms with van der Waals surface area (Å²) in [7, 11) is -3.54. The lowest BCUT2D eigenvalue weighted by Crippen LogP contribution is -2.28. The normalized spacial score (nSPS) is 14.0. The van der Waals surface area contributed by atoms with Crippen LogP contribution in [0.15, 0.2) is 36.4 Å². The number of halogens is 1. The van der Waals surface area contributed by atoms with Gasteiger partial charge in [0.05, 0.1) is 23.5 Å². The molecule has 0 unspecified atom stereocenters. The summed E-state index contributed by atoms with van der Waals surface area (Å²) in [5.74, 6) is 0.816. The third kappa shape index (κ3) is 4.20. The van der Waals surface area contributed by atoms with Crippen molar-refractivity contribution in [2.45, 2.75) is 13.0 Å². The zero-order valence-corrected chi connectivity index (χ0v) is 15.6. The van der Waals surface area contributed by atoms with Crippen LogP contribution in [0.4, 0.5) is 5.69 Å². The molecule has 0 bridgehead atoms. The molecule has 0 saturated carbocycles. The molecule has 138 valence electrons. The Kier molecular flexibility index (Phi) is 4.97. The number of ether oxygens (including phenoxy) is 2. The third-order valence-electron chi connectivity index (χ3n) is 3.77. The molecule has 1 atom stereocenters. The molecular weight excluding hydrogens is 380 g/mol. The van der Waals surface area contributed by atoms with Gasteiger partial charge in [-0.05, 0) is 42.8 Å². The van der Waals surface area contributed by atoms with Gasteiger partial charge in [-0.2, -0.15) is 0 Å². The summed E-state index contributed by atoms with van der Waals surface area (Å²) in [4.78, 5) is 12.7. The van der Waals surface area contributed by atoms with E-state index in [4.69, 9.17) is 21.1 Å². The molecular formula is C17H17ClN2O5S. The van der Waals surface area contributed by atoms with E-state index < -0.39 is 15.9 Å². The molecule has 1 aliphatic rings. The van der Waals surface area contributed by atoms with Crippen molar-refractivity contribution in [1.29, 1.82) is 0 Å². The van der Waals surface area contributed by atoms with Crippen LogP contribution in [-0.4, -0.2) is 27.4 Å². The van der Waals surface area contributed by atoms with Gasteiger partial charge in [-0.15, -0.1) is 0 Å². The summed E-state index contributed by atoms with van der Waals surface area (Å²) < 4.78 is 36.0. The average Bonchev–Trinajstić information content (AvgIpc) is 3.02. The number of sulfonamides is 1. The lowest BCUT2D eigenvalue weighted by Gasteiger charge is -2.17. The van der Waals surface area contributed by atoms with Crippen LogP contribution in [0.5, 0.6) is 11.5 Å². The van der Waals surface area contributed by atoms with Crippen molar-refractivity contribution in [3.63, 3.8) is 0 Å². The molecule has 0 aromatic heterocycles. The topological polar surface area (TPSA) is 93.7 Å². The fourth-order valence-corrected chi connectivity index (χ4v) is 3.28. The number of fused-ring (bicyclic) bond motifs is 1. The summed E-state index contributed by atoms with van der Waals surface area (Å²) in [6.07, 6.45) is 1.01. The molecule has 7 nitrogen and oxygen atoms in total. The number of nitrogens with one attached hydrogen (secondary N) is 2. The summed E-state index contributed by atoms with van der Waals surface area (Å²) >= 11 is 5.96. The van der Waals surface area contributed by atoms with Crippen molar-refractivity contribution in [2.75, 3.05) is 17.8 Å². The Morgan fingerprint density at radius 2 is 1.88 bits per heavy atom. The highest BCUT2D eigenvalue weighted by Crippen LogP contribution is 2.34. The first kappa shape index (κ1) is 18.3. The molecule has 1 amide bonds. The minimum absolute atomic E-state index is 0.135. The quantitative estimate of drug-likeness (QED) is 0.810. The third-order valence-corrected chi connectivity index (χ3v) is 4.59. The van der Waals surface area contributed by atoms with Gasteiger partial charge in [-0.1, -0.05) is 17.7 Å². The summed E-state index contributed by atoms with van der Waals surface area (Å²) in [5, 5.41) is 3.15. The Hall–Kier alpha value is -2.45. The molecule has 26 heavy (non-hydrogen) atoms. The molecule has 0 fully saturated rings. The van der Waals surface area contributed by atoms with Crippen LogP contribution in [0.3, 0.4) is 0 Å². The SMILES string of the molecule is C[C@H](NC(=O)c1cc(Cl)ccc1NS(C)(=O)=O)c1ccc2c(c1)OCO2. The molecule has 1 aliphatic heterocycles. The highest BCUT2D eigenvalue weighted by Gasteiger charge is 2.20. The second kappa shape index (κ2) is 7.05. The molecule has 9 heteroatoms. The second-order valence-corrected chi connectivity index (χ2v) is 8.06. The van der Waals surface area contributed by atoms with E-state index in [9.17, 15) is 13.2 Å². The van der Waals surface area contributed by atoms with Gasteiger partial charge in [0.15, 0.2) is 11.5 Å². The average molecular weight is 397 g/mol. The lowest BCUT2D eigenvalue weighted by atomic mass is 10.1. The van der Waals surface area contributed by atoms with E-state index in [0.717, 1.165) is 11.8 Å². The standard InChI is InChI=1S/C17H17ClN2O5S/c1-10(11-3-6-15-16(7-11)25-9-24-15)19-17(21)13-8-12(18)4-5-14(13)20-26(2,22)23/h3-8,10,20H,9H2,1-2H3,(H,19,21)/t10-/m0/s1. The minimum Gasteiger partial charge on any atom is -0.454 e. The van der Waals surface area contributed by atoms with Gasteiger partial charge >= 0.3 is 0 Å². The number of carbonyl (C=O) groups is 1. The van der Waals surface area contributed by atoms with Crippen molar-refractivity contribution in [1.82, 2.24) is 5.32 Å². The summed E-state index contributed by atoms with van der Waals surface area (Å²) in [5.41, 5.74) is 1.12. The van der Waals surface area contributed by atoms with Gasteiger partial charge in [-0.3, -0.25) is 9.52 Å². The molecule has 0 aliphatic carbocycles. The highest BCUT2D eigenvalue weighted by molar-refractivity contribution is 7.92. The molecule has 3 rings (SSSR count). The van der Waals surface area contributed by atoms with Gasteiger partial charge in [-0.25, -0.2) is 8.42 Å². The van der Waals surface area contributed by atoms with Crippen molar-refractivity contribution in [3.05, 3.63) is 52.5 Å². The maximum atomic E-state index is 12.7. The Bertz CT molecular complexity index is 962. The monoisotopic (exact) mass is 396 g/mol. The number of carbonyl (C=O) groups excluding carboxylic acids is 1. The second-order valence-electron chi connectivity index (χ2n) is 5.87. The highest BCUT2D eigenvalue weighted by atomic mass is 35.5. The van der Waals surface area contributed by atoms with Crippen LogP contribution in [-0.2, 0) is 10.0 Å². The van der Waals surface area contributed by atoms with Crippen molar-refractivity contribution < 1.29 is 22.7 Å². The Balaban J connectivity index is 1.82. The maximum absolute atomic E-state index is 12.7. The molecule has 0 radical (unpaired) electrons. The molecule has 0 saturated heterocycles. The van der Waals surface area contributed by atoms with Gasteiger partial charge in [0.1, 0.15) is 0 Å². The number of amides is 1. The van der Waals surface area contributed by atoms with Crippen LogP contribution in [0.1, 0.15) is 28.9 Å². The van der Waals surface area contributed by atoms with Crippen molar-refractivity contribution in [3.8, 4) is 11.5 Å². The fraction of sp³-hybridized carbons (Fsp3) is 0.235. The Morgan fingerprint density at radius 1 is 1.15 bits per heavy atom. The van der Waals surface area contributed by atoms with E-state index in [1.165, 1.54) is 18.2 Å². The van der Waals surface area contributed by atoms with Crippen LogP contribution >= 0.6 is 11.6 Å². The minimum atomic E-state index is -3.54. The van der Waals surface area contributed by atoms with E-state index in [1.54, 1.807) is 12.1 Å². The van der Waals surface area contributed by atoms with E-state index in [1.807, 2.05) is 13.0 Å². The molecule has 2 N–H and O–H groups in total. The Morgan fingerprint density at radius 3 is 2.62 bits per heavy atom. The largest absolute Gasteiger partial charge is 0.454 e. The maximum Gasteiger partial charge on any atom is 0.253 e. The van der Waals surface area contributed by atoms with Crippen LogP contribution < -0.4 is 19.5 Å². The van der Waals surface area contributed by atoms with Gasteiger partial charge in [0, 0.05) is 5.02 Å². The van der Waals surface area contributed by atoms with Gasteiger partial charge in [0.25, 0.3) is 5.91 Å². The van der Waals surface area contributed by atoms with E-state index in [0.29, 0.717) is 16.5 Å². The van der Waals surface area contributed by atoms with Gasteiger partial charge in [0.2, 0.25) is 16.8 Å². The summed E-state index contributed by atoms with van der Waals surface area (Å²) in [6, 6.07) is 9.42. The molecule has 2 aromatic carbocycles. The van der Waals surface area contributed by atoms with E-state index >= 15 is 0 Å². The van der Waals surface area contributed by atoms with Crippen LogP contribution in [0.2, 0.25) is 5.02 Å². The Labute approximate surface area is 156 Å². The fourth-order valence-electron chi connectivity index (χ4n) is 2.53. The molecule has 1 heterocycles. The van der Waals surface area contributed by atoms with Crippen molar-refractivity contribution in [2.24, 2.45) is 0 Å². The van der Waals surface area contributed by atoms with E-state index in [-0.39, 0.29) is 24.1 Å². The number of hydrogen-bond acceptors (Lipinski definition) is 5. The molecule has 0 spiro atoms. The van der Waals surface area contributed by atoms with Crippen molar-refractivity contribution >= 4 is 33.2 Å². The van der Waals surface area contributed by atoms with E-state index in [2.05, 4.69) is 10.0 Å². The lowest BCUT2D eigenvalue weighted by molar-refractivity contribution is 0.0940. The number of benzene rings is 2. The predicted molar refractivity (Wildman–Crippen MR) is 98.4 cm³/mol.